The molecule has 1 N–H and O–H groups in total. The van der Waals surface area contributed by atoms with E-state index in [1.54, 1.807) is 19.9 Å². The molecule has 3 rings (SSSR count). The SMILES string of the molecule is CCN(CC)S(=O)(=O)c1ccc(OC)c(NC(=O)c2cc3ccccc3s2)c1. The number of benzene rings is 2. The standard InChI is InChI=1S/C20H22N2O4S2/c1-4-22(5-2)28(24,25)15-10-11-17(26-3)16(13-15)21-20(23)19-12-14-8-6-7-9-18(14)27-19/h6-13H,4-5H2,1-3H3,(H,21,23). The van der Waals surface area contributed by atoms with E-state index in [1.807, 2.05) is 30.3 Å². The van der Waals surface area contributed by atoms with Crippen molar-refractivity contribution in [2.45, 2.75) is 18.7 Å². The number of carbonyl (C=O) groups is 1. The molecule has 0 saturated carbocycles. The molecule has 28 heavy (non-hydrogen) atoms. The monoisotopic (exact) mass is 418 g/mol. The maximum atomic E-state index is 12.8. The van der Waals surface area contributed by atoms with Crippen molar-refractivity contribution in [3.05, 3.63) is 53.4 Å². The fourth-order valence-electron chi connectivity index (χ4n) is 2.94. The van der Waals surface area contributed by atoms with Gasteiger partial charge in [-0.3, -0.25) is 4.79 Å². The molecular weight excluding hydrogens is 396 g/mol. The molecule has 0 aliphatic heterocycles. The van der Waals surface area contributed by atoms with Crippen molar-refractivity contribution >= 4 is 43.0 Å². The van der Waals surface area contributed by atoms with Gasteiger partial charge in [0.05, 0.1) is 22.6 Å². The minimum Gasteiger partial charge on any atom is -0.495 e. The summed E-state index contributed by atoms with van der Waals surface area (Å²) in [4.78, 5) is 13.4. The summed E-state index contributed by atoms with van der Waals surface area (Å²) in [5.74, 6) is 0.0878. The van der Waals surface area contributed by atoms with E-state index in [2.05, 4.69) is 5.32 Å². The van der Waals surface area contributed by atoms with Crippen LogP contribution in [0.15, 0.2) is 53.4 Å². The minimum absolute atomic E-state index is 0.114. The molecule has 2 aromatic carbocycles. The van der Waals surface area contributed by atoms with E-state index in [4.69, 9.17) is 4.74 Å². The molecule has 1 amide bonds. The maximum Gasteiger partial charge on any atom is 0.265 e. The highest BCUT2D eigenvalue weighted by Gasteiger charge is 2.23. The Balaban J connectivity index is 1.95. The van der Waals surface area contributed by atoms with Crippen LogP contribution in [0.2, 0.25) is 0 Å². The fourth-order valence-corrected chi connectivity index (χ4v) is 5.38. The second-order valence-corrected chi connectivity index (χ2v) is 9.08. The van der Waals surface area contributed by atoms with Gasteiger partial charge in [0, 0.05) is 17.8 Å². The number of amides is 1. The average Bonchev–Trinajstić information content (AvgIpc) is 3.13. The molecule has 0 spiro atoms. The maximum absolute atomic E-state index is 12.8. The fraction of sp³-hybridized carbons (Fsp3) is 0.250. The number of methoxy groups -OCH3 is 1. The largest absolute Gasteiger partial charge is 0.495 e. The van der Waals surface area contributed by atoms with Gasteiger partial charge in [0.1, 0.15) is 5.75 Å². The lowest BCUT2D eigenvalue weighted by Crippen LogP contribution is -2.30. The minimum atomic E-state index is -3.64. The van der Waals surface area contributed by atoms with Gasteiger partial charge in [-0.15, -0.1) is 11.3 Å². The number of carbonyl (C=O) groups excluding carboxylic acids is 1. The molecule has 0 atom stereocenters. The van der Waals surface area contributed by atoms with Crippen LogP contribution in [0.25, 0.3) is 10.1 Å². The second-order valence-electron chi connectivity index (χ2n) is 6.05. The number of nitrogens with one attached hydrogen (secondary N) is 1. The summed E-state index contributed by atoms with van der Waals surface area (Å²) in [6.45, 7) is 4.31. The molecule has 1 heterocycles. The van der Waals surface area contributed by atoms with Crippen LogP contribution in [0.4, 0.5) is 5.69 Å². The third-order valence-electron chi connectivity index (χ3n) is 4.41. The summed E-state index contributed by atoms with van der Waals surface area (Å²) in [6.07, 6.45) is 0. The number of ether oxygens (including phenoxy) is 1. The van der Waals surface area contributed by atoms with Crippen LogP contribution in [0.1, 0.15) is 23.5 Å². The van der Waals surface area contributed by atoms with Crippen molar-refractivity contribution in [3.63, 3.8) is 0 Å². The first-order chi connectivity index (χ1) is 13.4. The van der Waals surface area contributed by atoms with Crippen LogP contribution in [-0.2, 0) is 10.0 Å². The number of hydrogen-bond donors (Lipinski definition) is 1. The number of hydrogen-bond acceptors (Lipinski definition) is 5. The Morgan fingerprint density at radius 3 is 2.46 bits per heavy atom. The van der Waals surface area contributed by atoms with Gasteiger partial charge in [0.15, 0.2) is 0 Å². The van der Waals surface area contributed by atoms with E-state index in [0.717, 1.165) is 10.1 Å². The third kappa shape index (κ3) is 3.89. The van der Waals surface area contributed by atoms with Gasteiger partial charge < -0.3 is 10.1 Å². The zero-order valence-electron chi connectivity index (χ0n) is 15.9. The van der Waals surface area contributed by atoms with Gasteiger partial charge in [-0.1, -0.05) is 32.0 Å². The lowest BCUT2D eigenvalue weighted by atomic mass is 10.2. The van der Waals surface area contributed by atoms with Gasteiger partial charge in [0.2, 0.25) is 10.0 Å². The van der Waals surface area contributed by atoms with Crippen LogP contribution < -0.4 is 10.1 Å². The molecule has 148 valence electrons. The van der Waals surface area contributed by atoms with E-state index >= 15 is 0 Å². The van der Waals surface area contributed by atoms with Crippen LogP contribution in [0, 0.1) is 0 Å². The highest BCUT2D eigenvalue weighted by Crippen LogP contribution is 2.31. The molecule has 8 heteroatoms. The molecule has 1 aromatic heterocycles. The van der Waals surface area contributed by atoms with Crippen molar-refractivity contribution in [1.29, 1.82) is 0 Å². The van der Waals surface area contributed by atoms with Gasteiger partial charge in [-0.25, -0.2) is 8.42 Å². The zero-order chi connectivity index (χ0) is 20.3. The van der Waals surface area contributed by atoms with E-state index in [0.29, 0.717) is 29.4 Å². The van der Waals surface area contributed by atoms with Gasteiger partial charge in [-0.05, 0) is 35.7 Å². The molecule has 6 nitrogen and oxygen atoms in total. The highest BCUT2D eigenvalue weighted by molar-refractivity contribution is 7.89. The third-order valence-corrected chi connectivity index (χ3v) is 7.57. The van der Waals surface area contributed by atoms with Crippen molar-refractivity contribution in [3.8, 4) is 5.75 Å². The number of sulfonamides is 1. The Kier molecular flexibility index (Phi) is 6.02. The van der Waals surface area contributed by atoms with Crippen LogP contribution in [0.5, 0.6) is 5.75 Å². The van der Waals surface area contributed by atoms with Gasteiger partial charge in [-0.2, -0.15) is 4.31 Å². The summed E-state index contributed by atoms with van der Waals surface area (Å²) in [5, 5.41) is 3.78. The van der Waals surface area contributed by atoms with Crippen molar-refractivity contribution in [1.82, 2.24) is 4.31 Å². The van der Waals surface area contributed by atoms with E-state index in [9.17, 15) is 13.2 Å². The summed E-state index contributed by atoms with van der Waals surface area (Å²) < 4.78 is 33.3. The summed E-state index contributed by atoms with van der Waals surface area (Å²) in [6, 6.07) is 14.0. The Hall–Kier alpha value is -2.42. The number of nitrogens with zero attached hydrogens (tertiary/aromatic N) is 1. The quantitative estimate of drug-likeness (QED) is 0.624. The smallest absolute Gasteiger partial charge is 0.265 e. The summed E-state index contributed by atoms with van der Waals surface area (Å²) >= 11 is 1.38. The number of rotatable bonds is 7. The molecule has 0 aliphatic rings. The number of fused-ring (bicyclic) bond motifs is 1. The lowest BCUT2D eigenvalue weighted by molar-refractivity contribution is 0.103. The Labute approximate surface area is 168 Å². The highest BCUT2D eigenvalue weighted by atomic mass is 32.2. The Morgan fingerprint density at radius 1 is 1.11 bits per heavy atom. The van der Waals surface area contributed by atoms with E-state index < -0.39 is 10.0 Å². The van der Waals surface area contributed by atoms with Crippen LogP contribution >= 0.6 is 11.3 Å². The number of thiophene rings is 1. The Morgan fingerprint density at radius 2 is 1.82 bits per heavy atom. The van der Waals surface area contributed by atoms with Crippen LogP contribution in [0.3, 0.4) is 0 Å². The average molecular weight is 419 g/mol. The molecule has 0 unspecified atom stereocenters. The van der Waals surface area contributed by atoms with E-state index in [-0.39, 0.29) is 10.8 Å². The first-order valence-electron chi connectivity index (χ1n) is 8.88. The van der Waals surface area contributed by atoms with E-state index in [1.165, 1.54) is 34.9 Å². The summed E-state index contributed by atoms with van der Waals surface area (Å²) in [7, 11) is -2.17. The molecule has 0 bridgehead atoms. The molecule has 3 aromatic rings. The van der Waals surface area contributed by atoms with Crippen LogP contribution in [-0.4, -0.2) is 38.8 Å². The van der Waals surface area contributed by atoms with Crippen molar-refractivity contribution in [2.75, 3.05) is 25.5 Å². The molecule has 0 aliphatic carbocycles. The second kappa shape index (κ2) is 8.30. The first-order valence-corrected chi connectivity index (χ1v) is 11.1. The number of anilines is 1. The predicted octanol–water partition coefficient (Wildman–Crippen LogP) is 4.19. The lowest BCUT2D eigenvalue weighted by Gasteiger charge is -2.19. The molecular formula is C20H22N2O4S2. The van der Waals surface area contributed by atoms with Gasteiger partial charge in [0.25, 0.3) is 5.91 Å². The topological polar surface area (TPSA) is 75.7 Å². The van der Waals surface area contributed by atoms with Crippen molar-refractivity contribution < 1.29 is 17.9 Å². The van der Waals surface area contributed by atoms with Crippen molar-refractivity contribution in [2.24, 2.45) is 0 Å². The molecule has 0 fully saturated rings. The molecule has 0 radical (unpaired) electrons. The van der Waals surface area contributed by atoms with Gasteiger partial charge >= 0.3 is 0 Å². The summed E-state index contributed by atoms with van der Waals surface area (Å²) in [5.41, 5.74) is 0.318. The zero-order valence-corrected chi connectivity index (χ0v) is 17.6. The normalized spacial score (nSPS) is 11.7. The molecule has 0 saturated heterocycles. The predicted molar refractivity (Wildman–Crippen MR) is 113 cm³/mol. The Bertz CT molecular complexity index is 1070. The first kappa shape index (κ1) is 20.3.